The van der Waals surface area contributed by atoms with Crippen molar-refractivity contribution in [3.8, 4) is 0 Å². The van der Waals surface area contributed by atoms with Crippen LogP contribution in [0.15, 0.2) is 0 Å². The smallest absolute Gasteiger partial charge is 0.0763 e. The Hall–Kier alpha value is -0.120. The number of nitrogens with two attached hydrogens (primary N) is 1. The van der Waals surface area contributed by atoms with Crippen LogP contribution in [0.5, 0.6) is 0 Å². The average molecular weight is 231 g/mol. The maximum Gasteiger partial charge on any atom is 0.0763 e. The van der Waals surface area contributed by atoms with Crippen LogP contribution in [0.1, 0.15) is 52.9 Å². The lowest BCUT2D eigenvalue weighted by atomic mass is 10.0. The van der Waals surface area contributed by atoms with E-state index in [9.17, 15) is 5.11 Å². The number of aliphatic hydroxyl groups is 1. The van der Waals surface area contributed by atoms with E-state index in [1.165, 1.54) is 25.7 Å². The van der Waals surface area contributed by atoms with Crippen LogP contribution in [-0.4, -0.2) is 30.5 Å². The molecule has 2 atom stereocenters. The van der Waals surface area contributed by atoms with Gasteiger partial charge < -0.3 is 15.6 Å². The van der Waals surface area contributed by atoms with Crippen molar-refractivity contribution in [2.45, 2.75) is 58.5 Å². The summed E-state index contributed by atoms with van der Waals surface area (Å²) < 4.78 is 5.61. The highest BCUT2D eigenvalue weighted by Gasteiger charge is 2.17. The molecular weight excluding hydrogens is 202 g/mol. The molecule has 0 radical (unpaired) electrons. The molecule has 3 heteroatoms. The Morgan fingerprint density at radius 2 is 2.06 bits per heavy atom. The number of unbranched alkanes of at least 4 members (excludes halogenated alkanes) is 1. The first-order chi connectivity index (χ1) is 7.55. The lowest BCUT2D eigenvalue weighted by Gasteiger charge is -2.21. The van der Waals surface area contributed by atoms with Gasteiger partial charge in [-0.1, -0.05) is 33.1 Å². The van der Waals surface area contributed by atoms with Crippen LogP contribution >= 0.6 is 0 Å². The van der Waals surface area contributed by atoms with Crippen LogP contribution in [0.2, 0.25) is 0 Å². The molecule has 2 unspecified atom stereocenters. The first-order valence-corrected chi connectivity index (χ1v) is 6.56. The van der Waals surface area contributed by atoms with Gasteiger partial charge in [0, 0.05) is 26.2 Å². The Balaban J connectivity index is 3.55. The maximum atomic E-state index is 9.68. The molecule has 0 bridgehead atoms. The average Bonchev–Trinajstić information content (AvgIpc) is 2.28. The number of ether oxygens (including phenoxy) is 1. The minimum atomic E-state index is -0.773. The minimum absolute atomic E-state index is 0.295. The van der Waals surface area contributed by atoms with Gasteiger partial charge in [-0.2, -0.15) is 0 Å². The molecule has 0 spiro atoms. The van der Waals surface area contributed by atoms with E-state index < -0.39 is 5.60 Å². The number of hydrogen-bond acceptors (Lipinski definition) is 3. The minimum Gasteiger partial charge on any atom is -0.389 e. The molecular formula is C13H29NO2. The van der Waals surface area contributed by atoms with Crippen molar-refractivity contribution in [3.63, 3.8) is 0 Å². The second-order valence-electron chi connectivity index (χ2n) is 4.94. The zero-order chi connectivity index (χ0) is 12.4. The highest BCUT2D eigenvalue weighted by Crippen LogP contribution is 2.14. The van der Waals surface area contributed by atoms with Gasteiger partial charge in [0.25, 0.3) is 0 Å². The van der Waals surface area contributed by atoms with Gasteiger partial charge >= 0.3 is 0 Å². The fourth-order valence-corrected chi connectivity index (χ4v) is 1.54. The van der Waals surface area contributed by atoms with Crippen LogP contribution in [-0.2, 0) is 4.74 Å². The van der Waals surface area contributed by atoms with Crippen LogP contribution in [0, 0.1) is 5.92 Å². The van der Waals surface area contributed by atoms with Gasteiger partial charge in [0.1, 0.15) is 0 Å². The fraction of sp³-hybridized carbons (Fsp3) is 1.00. The summed E-state index contributed by atoms with van der Waals surface area (Å²) >= 11 is 0. The largest absolute Gasteiger partial charge is 0.389 e. The van der Waals surface area contributed by atoms with Gasteiger partial charge in [-0.25, -0.2) is 0 Å². The number of hydrogen-bond donors (Lipinski definition) is 2. The highest BCUT2D eigenvalue weighted by molar-refractivity contribution is 4.72. The summed E-state index contributed by atoms with van der Waals surface area (Å²) in [5, 5.41) is 9.68. The van der Waals surface area contributed by atoms with Crippen molar-refractivity contribution in [3.05, 3.63) is 0 Å². The molecule has 0 aliphatic heterocycles. The standard InChI is InChI=1S/C13H29NO2/c1-4-6-7-12(5-2)10-16-9-8-13(3,15)11-14/h12,15H,4-11,14H2,1-3H3. The second-order valence-corrected chi connectivity index (χ2v) is 4.94. The van der Waals surface area contributed by atoms with E-state index in [-0.39, 0.29) is 0 Å². The van der Waals surface area contributed by atoms with E-state index in [0.717, 1.165) is 6.61 Å². The summed E-state index contributed by atoms with van der Waals surface area (Å²) in [7, 11) is 0. The van der Waals surface area contributed by atoms with Crippen molar-refractivity contribution in [2.75, 3.05) is 19.8 Å². The van der Waals surface area contributed by atoms with Gasteiger partial charge in [-0.05, 0) is 19.3 Å². The van der Waals surface area contributed by atoms with Crippen molar-refractivity contribution in [1.82, 2.24) is 0 Å². The molecule has 0 aromatic rings. The SMILES string of the molecule is CCCCC(CC)COCCC(C)(O)CN. The van der Waals surface area contributed by atoms with Crippen molar-refractivity contribution >= 4 is 0 Å². The van der Waals surface area contributed by atoms with Crippen LogP contribution < -0.4 is 5.73 Å². The predicted octanol–water partition coefficient (Wildman–Crippen LogP) is 2.32. The second kappa shape index (κ2) is 8.97. The van der Waals surface area contributed by atoms with Crippen molar-refractivity contribution in [2.24, 2.45) is 11.7 Å². The lowest BCUT2D eigenvalue weighted by Crippen LogP contribution is -2.35. The zero-order valence-electron chi connectivity index (χ0n) is 11.2. The molecule has 0 aromatic carbocycles. The summed E-state index contributed by atoms with van der Waals surface area (Å²) in [4.78, 5) is 0. The van der Waals surface area contributed by atoms with Crippen molar-refractivity contribution < 1.29 is 9.84 Å². The molecule has 0 saturated carbocycles. The summed E-state index contributed by atoms with van der Waals surface area (Å²) in [6.45, 7) is 7.89. The molecule has 0 fully saturated rings. The molecule has 98 valence electrons. The summed E-state index contributed by atoms with van der Waals surface area (Å²) in [6.07, 6.45) is 5.57. The highest BCUT2D eigenvalue weighted by atomic mass is 16.5. The van der Waals surface area contributed by atoms with Gasteiger partial charge in [0.05, 0.1) is 5.60 Å². The summed E-state index contributed by atoms with van der Waals surface area (Å²) in [5.41, 5.74) is 4.66. The Morgan fingerprint density at radius 1 is 1.38 bits per heavy atom. The molecule has 16 heavy (non-hydrogen) atoms. The molecule has 0 saturated heterocycles. The number of rotatable bonds is 10. The fourth-order valence-electron chi connectivity index (χ4n) is 1.54. The van der Waals surface area contributed by atoms with Gasteiger partial charge in [-0.3, -0.25) is 0 Å². The Morgan fingerprint density at radius 3 is 2.56 bits per heavy atom. The topological polar surface area (TPSA) is 55.5 Å². The van der Waals surface area contributed by atoms with Crippen LogP contribution in [0.3, 0.4) is 0 Å². The Bertz CT molecular complexity index is 160. The molecule has 0 heterocycles. The first-order valence-electron chi connectivity index (χ1n) is 6.56. The monoisotopic (exact) mass is 231 g/mol. The van der Waals surface area contributed by atoms with E-state index in [2.05, 4.69) is 13.8 Å². The molecule has 0 aromatic heterocycles. The molecule has 0 aliphatic rings. The van der Waals surface area contributed by atoms with E-state index >= 15 is 0 Å². The van der Waals surface area contributed by atoms with Gasteiger partial charge in [-0.15, -0.1) is 0 Å². The van der Waals surface area contributed by atoms with E-state index in [0.29, 0.717) is 25.5 Å². The third-order valence-electron chi connectivity index (χ3n) is 3.12. The third-order valence-corrected chi connectivity index (χ3v) is 3.12. The first kappa shape index (κ1) is 15.9. The van der Waals surface area contributed by atoms with Crippen LogP contribution in [0.25, 0.3) is 0 Å². The van der Waals surface area contributed by atoms with Gasteiger partial charge in [0.2, 0.25) is 0 Å². The van der Waals surface area contributed by atoms with Crippen molar-refractivity contribution in [1.29, 1.82) is 0 Å². The molecule has 0 amide bonds. The molecule has 3 nitrogen and oxygen atoms in total. The van der Waals surface area contributed by atoms with E-state index in [1.54, 1.807) is 6.92 Å². The van der Waals surface area contributed by atoms with Gasteiger partial charge in [0.15, 0.2) is 0 Å². The zero-order valence-corrected chi connectivity index (χ0v) is 11.2. The molecule has 3 N–H and O–H groups in total. The normalized spacial score (nSPS) is 17.1. The predicted molar refractivity (Wildman–Crippen MR) is 68.4 cm³/mol. The Labute approximate surface area is 100 Å². The Kier molecular flexibility index (Phi) is 8.90. The lowest BCUT2D eigenvalue weighted by molar-refractivity contribution is 0.0119. The van der Waals surface area contributed by atoms with E-state index in [1.807, 2.05) is 0 Å². The van der Waals surface area contributed by atoms with E-state index in [4.69, 9.17) is 10.5 Å². The quantitative estimate of drug-likeness (QED) is 0.567. The maximum absolute atomic E-state index is 9.68. The summed E-state index contributed by atoms with van der Waals surface area (Å²) in [5.74, 6) is 0.669. The molecule has 0 aliphatic carbocycles. The summed E-state index contributed by atoms with van der Waals surface area (Å²) in [6, 6.07) is 0. The third kappa shape index (κ3) is 8.08. The van der Waals surface area contributed by atoms with Crippen LogP contribution in [0.4, 0.5) is 0 Å². The molecule has 0 rings (SSSR count).